The summed E-state index contributed by atoms with van der Waals surface area (Å²) in [6.45, 7) is 4.08. The van der Waals surface area contributed by atoms with Crippen LogP contribution >= 0.6 is 0 Å². The van der Waals surface area contributed by atoms with Crippen molar-refractivity contribution >= 4 is 28.7 Å². The highest BCUT2D eigenvalue weighted by Gasteiger charge is 2.30. The highest BCUT2D eigenvalue weighted by Crippen LogP contribution is 2.26. The molecule has 0 bridgehead atoms. The van der Waals surface area contributed by atoms with E-state index in [4.69, 9.17) is 21.4 Å². The van der Waals surface area contributed by atoms with Gasteiger partial charge in [-0.25, -0.2) is 0 Å². The van der Waals surface area contributed by atoms with Crippen LogP contribution in [-0.2, 0) is 28.9 Å². The number of hydrogen-bond donors (Lipinski definition) is 8. The summed E-state index contributed by atoms with van der Waals surface area (Å²) in [5.74, 6) is -0.283. The van der Waals surface area contributed by atoms with Crippen molar-refractivity contribution in [3.63, 3.8) is 0 Å². The molecule has 0 saturated heterocycles. The maximum Gasteiger partial charge on any atom is 0.249 e. The number of hydrogen-bond acceptors (Lipinski definition) is 8. The average molecular weight is 666 g/mol. The number of nitrogens with one attached hydrogen (secondary N) is 5. The van der Waals surface area contributed by atoms with Gasteiger partial charge in [0, 0.05) is 42.9 Å². The Morgan fingerprint density at radius 2 is 1.71 bits per heavy atom. The van der Waals surface area contributed by atoms with Crippen molar-refractivity contribution < 1.29 is 19.2 Å². The van der Waals surface area contributed by atoms with E-state index < -0.39 is 29.9 Å². The van der Waals surface area contributed by atoms with E-state index in [1.807, 2.05) is 74.6 Å². The molecule has 5 rings (SSSR count). The van der Waals surface area contributed by atoms with Crippen LogP contribution in [0.2, 0.25) is 0 Å². The maximum atomic E-state index is 14.2. The molecule has 0 saturated carbocycles. The molecule has 0 fully saturated rings. The molecule has 10 N–H and O–H groups in total. The molecule has 5 aromatic rings. The van der Waals surface area contributed by atoms with Crippen molar-refractivity contribution in [2.45, 2.75) is 64.1 Å². The molecule has 256 valence electrons. The Balaban J connectivity index is 1.42. The van der Waals surface area contributed by atoms with Crippen LogP contribution in [0.25, 0.3) is 10.9 Å². The fourth-order valence-corrected chi connectivity index (χ4v) is 5.91. The molecule has 2 aromatic heterocycles. The molecule has 13 nitrogen and oxygen atoms in total. The zero-order valence-electron chi connectivity index (χ0n) is 27.6. The fraction of sp³-hybridized carbons (Fsp3) is 0.306. The number of para-hydroxylation sites is 1. The summed E-state index contributed by atoms with van der Waals surface area (Å²) in [4.78, 5) is 35.5. The predicted octanol–water partition coefficient (Wildman–Crippen LogP) is 3.18. The van der Waals surface area contributed by atoms with E-state index in [1.165, 1.54) is 0 Å². The lowest BCUT2D eigenvalue weighted by Crippen LogP contribution is -2.53. The van der Waals surface area contributed by atoms with Gasteiger partial charge < -0.3 is 42.0 Å². The second-order valence-corrected chi connectivity index (χ2v) is 12.2. The summed E-state index contributed by atoms with van der Waals surface area (Å²) in [6.07, 6.45) is 3.65. The van der Waals surface area contributed by atoms with E-state index in [1.54, 1.807) is 12.1 Å². The van der Waals surface area contributed by atoms with Crippen LogP contribution < -0.4 is 27.4 Å². The number of carbonyl (C=O) groups is 2. The van der Waals surface area contributed by atoms with E-state index in [0.717, 1.165) is 38.7 Å². The van der Waals surface area contributed by atoms with Crippen molar-refractivity contribution in [2.75, 3.05) is 6.54 Å². The molecule has 3 atom stereocenters. The second kappa shape index (κ2) is 15.9. The number of fused-ring (bicyclic) bond motifs is 1. The first kappa shape index (κ1) is 34.6. The first-order valence-corrected chi connectivity index (χ1v) is 16.2. The lowest BCUT2D eigenvalue weighted by Gasteiger charge is -2.24. The minimum atomic E-state index is -1.02. The quantitative estimate of drug-likeness (QED) is 0.0467. The number of carbonyl (C=O) groups excluding carboxylic acids is 2. The molecule has 2 amide bonds. The lowest BCUT2D eigenvalue weighted by atomic mass is 9.95. The minimum absolute atomic E-state index is 0.117. The number of amides is 2. The maximum absolute atomic E-state index is 14.2. The SMILES string of the molecule is Cc1cc(O)cc(C)c1CC(NC(=O)C(N)CCCNC(=N)N)C(=O)N[C@@H](Cc1c[nH]c2ccccc12)c1nc(Cc2ccccc2)no1. The summed E-state index contributed by atoms with van der Waals surface area (Å²) in [5.41, 5.74) is 16.9. The van der Waals surface area contributed by atoms with Gasteiger partial charge in [0.1, 0.15) is 17.8 Å². The number of H-pyrrole nitrogens is 1. The fourth-order valence-electron chi connectivity index (χ4n) is 5.91. The number of nitrogens with two attached hydrogens (primary N) is 2. The Hall–Kier alpha value is -5.69. The second-order valence-electron chi connectivity index (χ2n) is 12.2. The Morgan fingerprint density at radius 3 is 2.45 bits per heavy atom. The number of aryl methyl sites for hydroxylation is 2. The van der Waals surface area contributed by atoms with Gasteiger partial charge in [-0.15, -0.1) is 0 Å². The highest BCUT2D eigenvalue weighted by atomic mass is 16.5. The molecule has 3 aromatic carbocycles. The van der Waals surface area contributed by atoms with Crippen molar-refractivity contribution in [3.8, 4) is 5.75 Å². The van der Waals surface area contributed by atoms with Crippen LogP contribution in [0.1, 0.15) is 58.4 Å². The van der Waals surface area contributed by atoms with Gasteiger partial charge in [0.05, 0.1) is 6.04 Å². The van der Waals surface area contributed by atoms with Crippen LogP contribution in [0.5, 0.6) is 5.75 Å². The first-order chi connectivity index (χ1) is 23.6. The van der Waals surface area contributed by atoms with Gasteiger partial charge in [-0.05, 0) is 72.7 Å². The molecule has 13 heteroatoms. The summed E-state index contributed by atoms with van der Waals surface area (Å²) in [5, 5.41) is 31.3. The Labute approximate surface area is 284 Å². The van der Waals surface area contributed by atoms with Gasteiger partial charge >= 0.3 is 0 Å². The number of nitrogens with zero attached hydrogens (tertiary/aromatic N) is 2. The van der Waals surface area contributed by atoms with Crippen molar-refractivity contribution in [3.05, 3.63) is 112 Å². The topological polar surface area (TPSA) is 221 Å². The molecule has 49 heavy (non-hydrogen) atoms. The van der Waals surface area contributed by atoms with E-state index in [0.29, 0.717) is 38.1 Å². The van der Waals surface area contributed by atoms with Gasteiger partial charge in [0.2, 0.25) is 17.7 Å². The summed E-state index contributed by atoms with van der Waals surface area (Å²) >= 11 is 0. The summed E-state index contributed by atoms with van der Waals surface area (Å²) in [6, 6.07) is 18.3. The summed E-state index contributed by atoms with van der Waals surface area (Å²) in [7, 11) is 0. The van der Waals surface area contributed by atoms with Gasteiger partial charge in [-0.1, -0.05) is 53.7 Å². The summed E-state index contributed by atoms with van der Waals surface area (Å²) < 4.78 is 5.75. The van der Waals surface area contributed by atoms with Gasteiger partial charge in [-0.2, -0.15) is 4.98 Å². The standard InChI is InChI=1S/C36H43N9O4/c1-21-15-25(46)16-22(2)27(21)19-30(42-33(47)28(37)12-8-14-40-36(38)39)34(48)43-31(18-24-20-41-29-13-7-6-11-26(24)29)35-44-32(45-49-35)17-23-9-4-3-5-10-23/h3-7,9-11,13,15-16,20,28,30-31,41,46H,8,12,14,17-19,37H2,1-2H3,(H,42,47)(H,43,48)(H4,38,39,40)/t28?,30?,31-/m0/s1. The molecule has 0 aliphatic carbocycles. The predicted molar refractivity (Wildman–Crippen MR) is 187 cm³/mol. The number of benzene rings is 3. The highest BCUT2D eigenvalue weighted by molar-refractivity contribution is 5.90. The Kier molecular flexibility index (Phi) is 11.3. The monoisotopic (exact) mass is 665 g/mol. The lowest BCUT2D eigenvalue weighted by molar-refractivity contribution is -0.130. The van der Waals surface area contributed by atoms with E-state index >= 15 is 0 Å². The molecule has 0 aliphatic rings. The third-order valence-electron chi connectivity index (χ3n) is 8.47. The van der Waals surface area contributed by atoms with Crippen molar-refractivity contribution in [1.29, 1.82) is 5.41 Å². The Bertz CT molecular complexity index is 1880. The molecular weight excluding hydrogens is 622 g/mol. The number of aromatic nitrogens is 3. The molecule has 0 radical (unpaired) electrons. The van der Waals surface area contributed by atoms with Gasteiger partial charge in [0.25, 0.3) is 0 Å². The zero-order valence-corrected chi connectivity index (χ0v) is 27.6. The van der Waals surface area contributed by atoms with E-state index in [9.17, 15) is 14.7 Å². The normalized spacial score (nSPS) is 13.0. The molecule has 0 spiro atoms. The Morgan fingerprint density at radius 1 is 1.00 bits per heavy atom. The van der Waals surface area contributed by atoms with E-state index in [-0.39, 0.29) is 24.0 Å². The molecular formula is C36H43N9O4. The third-order valence-corrected chi connectivity index (χ3v) is 8.47. The van der Waals surface area contributed by atoms with Gasteiger partial charge in [0.15, 0.2) is 11.8 Å². The smallest absolute Gasteiger partial charge is 0.249 e. The largest absolute Gasteiger partial charge is 0.508 e. The van der Waals surface area contributed by atoms with Crippen molar-refractivity contribution in [2.24, 2.45) is 11.5 Å². The van der Waals surface area contributed by atoms with Crippen LogP contribution in [-0.4, -0.2) is 56.6 Å². The number of aromatic hydroxyl groups is 1. The van der Waals surface area contributed by atoms with Crippen LogP contribution in [0.15, 0.2) is 77.4 Å². The minimum Gasteiger partial charge on any atom is -0.508 e. The average Bonchev–Trinajstić information content (AvgIpc) is 3.71. The number of phenolic OH excluding ortho intramolecular Hbond substituents is 1. The van der Waals surface area contributed by atoms with E-state index in [2.05, 4.69) is 31.1 Å². The van der Waals surface area contributed by atoms with Gasteiger partial charge in [-0.3, -0.25) is 15.0 Å². The number of aromatic amines is 1. The molecule has 2 heterocycles. The van der Waals surface area contributed by atoms with Crippen LogP contribution in [0.3, 0.4) is 0 Å². The number of phenols is 1. The number of rotatable bonds is 15. The third kappa shape index (κ3) is 9.23. The first-order valence-electron chi connectivity index (χ1n) is 16.2. The molecule has 2 unspecified atom stereocenters. The number of guanidine groups is 1. The van der Waals surface area contributed by atoms with Crippen molar-refractivity contribution in [1.82, 2.24) is 31.1 Å². The molecule has 0 aliphatic heterocycles. The van der Waals surface area contributed by atoms with Crippen LogP contribution in [0.4, 0.5) is 0 Å². The van der Waals surface area contributed by atoms with Crippen LogP contribution in [0, 0.1) is 19.3 Å². The zero-order chi connectivity index (χ0) is 34.9.